The molecule has 0 aliphatic carbocycles. The number of rotatable bonds is 2. The molecule has 0 fully saturated rings. The SMILES string of the molecule is O=Cc1c(C(F)F)cc(C(F)(F)F)[nH]c1=O. The van der Waals surface area contributed by atoms with Gasteiger partial charge in [0, 0.05) is 5.56 Å². The Morgan fingerprint density at radius 2 is 1.88 bits per heavy atom. The predicted octanol–water partition coefficient (Wildman–Crippen LogP) is 2.14. The van der Waals surface area contributed by atoms with Gasteiger partial charge in [-0.05, 0) is 6.07 Å². The lowest BCUT2D eigenvalue weighted by atomic mass is 10.1. The molecule has 0 bridgehead atoms. The molecule has 0 atom stereocenters. The van der Waals surface area contributed by atoms with E-state index in [1.54, 1.807) is 0 Å². The van der Waals surface area contributed by atoms with Gasteiger partial charge in [0.1, 0.15) is 5.69 Å². The number of carbonyl (C=O) groups is 1. The Kier molecular flexibility index (Phi) is 3.11. The number of alkyl halides is 5. The zero-order valence-electron chi connectivity index (χ0n) is 7.44. The maximum atomic E-state index is 12.3. The molecule has 88 valence electrons. The summed E-state index contributed by atoms with van der Waals surface area (Å²) >= 11 is 0. The summed E-state index contributed by atoms with van der Waals surface area (Å²) < 4.78 is 61.0. The molecule has 1 N–H and O–H groups in total. The first-order chi connectivity index (χ1) is 7.27. The van der Waals surface area contributed by atoms with Crippen molar-refractivity contribution in [2.45, 2.75) is 12.6 Å². The third-order valence-corrected chi connectivity index (χ3v) is 1.76. The Morgan fingerprint density at radius 1 is 1.31 bits per heavy atom. The van der Waals surface area contributed by atoms with Crippen LogP contribution in [0.15, 0.2) is 10.9 Å². The van der Waals surface area contributed by atoms with Gasteiger partial charge in [-0.15, -0.1) is 0 Å². The first kappa shape index (κ1) is 12.3. The second-order valence-corrected chi connectivity index (χ2v) is 2.80. The first-order valence-electron chi connectivity index (χ1n) is 3.85. The van der Waals surface area contributed by atoms with Gasteiger partial charge in [-0.1, -0.05) is 0 Å². The summed E-state index contributed by atoms with van der Waals surface area (Å²) in [6.07, 6.45) is -8.49. The van der Waals surface area contributed by atoms with Crippen LogP contribution in [0.4, 0.5) is 22.0 Å². The average Bonchev–Trinajstić information content (AvgIpc) is 2.14. The van der Waals surface area contributed by atoms with E-state index in [1.165, 1.54) is 4.98 Å². The van der Waals surface area contributed by atoms with Gasteiger partial charge in [-0.2, -0.15) is 13.2 Å². The highest BCUT2D eigenvalue weighted by Gasteiger charge is 2.34. The molecule has 0 amide bonds. The van der Waals surface area contributed by atoms with Crippen LogP contribution < -0.4 is 5.56 Å². The van der Waals surface area contributed by atoms with Crippen LogP contribution >= 0.6 is 0 Å². The minimum absolute atomic E-state index is 0.0514. The van der Waals surface area contributed by atoms with Crippen molar-refractivity contribution in [3.05, 3.63) is 33.2 Å². The molecule has 1 heterocycles. The Bertz CT molecular complexity index is 462. The number of nitrogens with one attached hydrogen (secondary N) is 1. The summed E-state index contributed by atoms with van der Waals surface area (Å²) in [5.41, 5.74) is -5.33. The van der Waals surface area contributed by atoms with Crippen molar-refractivity contribution < 1.29 is 26.7 Å². The van der Waals surface area contributed by atoms with E-state index in [0.29, 0.717) is 0 Å². The zero-order chi connectivity index (χ0) is 12.5. The molecule has 1 aromatic heterocycles. The molecule has 1 aromatic rings. The molecule has 0 saturated heterocycles. The smallest absolute Gasteiger partial charge is 0.318 e. The molecule has 8 heteroatoms. The van der Waals surface area contributed by atoms with Crippen LogP contribution in [-0.2, 0) is 6.18 Å². The van der Waals surface area contributed by atoms with Crippen molar-refractivity contribution in [3.8, 4) is 0 Å². The van der Waals surface area contributed by atoms with Crippen molar-refractivity contribution in [3.63, 3.8) is 0 Å². The molecule has 0 radical (unpaired) electrons. The van der Waals surface area contributed by atoms with Crippen molar-refractivity contribution in [1.29, 1.82) is 0 Å². The Balaban J connectivity index is 3.52. The van der Waals surface area contributed by atoms with E-state index in [2.05, 4.69) is 0 Å². The summed E-state index contributed by atoms with van der Waals surface area (Å²) in [6.45, 7) is 0. The number of hydrogen-bond donors (Lipinski definition) is 1. The topological polar surface area (TPSA) is 49.9 Å². The minimum Gasteiger partial charge on any atom is -0.318 e. The minimum atomic E-state index is -4.95. The maximum Gasteiger partial charge on any atom is 0.431 e. The summed E-state index contributed by atoms with van der Waals surface area (Å²) in [6, 6.07) is 0.0514. The molecule has 3 nitrogen and oxygen atoms in total. The summed E-state index contributed by atoms with van der Waals surface area (Å²) in [4.78, 5) is 22.5. The van der Waals surface area contributed by atoms with Gasteiger partial charge in [-0.3, -0.25) is 9.59 Å². The van der Waals surface area contributed by atoms with Gasteiger partial charge < -0.3 is 4.98 Å². The van der Waals surface area contributed by atoms with E-state index < -0.39 is 35.0 Å². The molecule has 16 heavy (non-hydrogen) atoms. The maximum absolute atomic E-state index is 12.3. The molecule has 0 aromatic carbocycles. The first-order valence-corrected chi connectivity index (χ1v) is 3.85. The van der Waals surface area contributed by atoms with E-state index >= 15 is 0 Å². The second kappa shape index (κ2) is 4.03. The lowest BCUT2D eigenvalue weighted by Gasteiger charge is -2.09. The van der Waals surface area contributed by atoms with Crippen LogP contribution in [0, 0.1) is 0 Å². The fourth-order valence-electron chi connectivity index (χ4n) is 1.04. The Morgan fingerprint density at radius 3 is 2.25 bits per heavy atom. The van der Waals surface area contributed by atoms with E-state index in [1.807, 2.05) is 0 Å². The predicted molar refractivity (Wildman–Crippen MR) is 42.4 cm³/mol. The number of aromatic nitrogens is 1. The monoisotopic (exact) mass is 241 g/mol. The number of hydrogen-bond acceptors (Lipinski definition) is 2. The van der Waals surface area contributed by atoms with Crippen LogP contribution in [0.2, 0.25) is 0 Å². The molecule has 0 aliphatic rings. The highest BCUT2D eigenvalue weighted by atomic mass is 19.4. The van der Waals surface area contributed by atoms with Crippen molar-refractivity contribution in [2.75, 3.05) is 0 Å². The number of aromatic amines is 1. The summed E-state index contributed by atoms with van der Waals surface area (Å²) in [7, 11) is 0. The van der Waals surface area contributed by atoms with Gasteiger partial charge >= 0.3 is 6.18 Å². The largest absolute Gasteiger partial charge is 0.431 e. The number of pyridine rings is 1. The fourth-order valence-corrected chi connectivity index (χ4v) is 1.04. The average molecular weight is 241 g/mol. The Hall–Kier alpha value is -1.73. The number of carbonyl (C=O) groups excluding carboxylic acids is 1. The standard InChI is InChI=1S/C8H4F5NO2/c9-6(10)3-1-5(8(11,12)13)14-7(16)4(3)2-15/h1-2,6H,(H,14,16). The second-order valence-electron chi connectivity index (χ2n) is 2.80. The van der Waals surface area contributed by atoms with E-state index in [-0.39, 0.29) is 12.4 Å². The molecule has 0 unspecified atom stereocenters. The molecule has 1 rings (SSSR count). The van der Waals surface area contributed by atoms with Gasteiger partial charge in [0.05, 0.1) is 5.56 Å². The van der Waals surface area contributed by atoms with Crippen LogP contribution in [0.3, 0.4) is 0 Å². The number of halogens is 5. The van der Waals surface area contributed by atoms with Crippen LogP contribution in [0.1, 0.15) is 28.0 Å². The van der Waals surface area contributed by atoms with Gasteiger partial charge in [0.25, 0.3) is 12.0 Å². The van der Waals surface area contributed by atoms with Crippen molar-refractivity contribution in [2.24, 2.45) is 0 Å². The molecule has 0 spiro atoms. The highest BCUT2D eigenvalue weighted by Crippen LogP contribution is 2.30. The number of H-pyrrole nitrogens is 1. The molecule has 0 saturated carbocycles. The highest BCUT2D eigenvalue weighted by molar-refractivity contribution is 5.76. The van der Waals surface area contributed by atoms with E-state index in [4.69, 9.17) is 0 Å². The molecular formula is C8H4F5NO2. The van der Waals surface area contributed by atoms with Crippen LogP contribution in [0.25, 0.3) is 0 Å². The van der Waals surface area contributed by atoms with Crippen LogP contribution in [0.5, 0.6) is 0 Å². The van der Waals surface area contributed by atoms with Crippen molar-refractivity contribution in [1.82, 2.24) is 4.98 Å². The zero-order valence-corrected chi connectivity index (χ0v) is 7.44. The summed E-state index contributed by atoms with van der Waals surface area (Å²) in [5.74, 6) is 0. The molecular weight excluding hydrogens is 237 g/mol. The van der Waals surface area contributed by atoms with Gasteiger partial charge in [0.2, 0.25) is 0 Å². The van der Waals surface area contributed by atoms with Crippen molar-refractivity contribution >= 4 is 6.29 Å². The summed E-state index contributed by atoms with van der Waals surface area (Å²) in [5, 5.41) is 0. The quantitative estimate of drug-likeness (QED) is 0.637. The van der Waals surface area contributed by atoms with E-state index in [0.717, 1.165) is 0 Å². The Labute approximate surface area is 84.9 Å². The van der Waals surface area contributed by atoms with Gasteiger partial charge in [0.15, 0.2) is 6.29 Å². The lowest BCUT2D eigenvalue weighted by molar-refractivity contribution is -0.141. The normalized spacial score (nSPS) is 11.9. The fraction of sp³-hybridized carbons (Fsp3) is 0.250. The van der Waals surface area contributed by atoms with Gasteiger partial charge in [-0.25, -0.2) is 8.78 Å². The lowest BCUT2D eigenvalue weighted by Crippen LogP contribution is -2.21. The number of aldehydes is 1. The van der Waals surface area contributed by atoms with Crippen LogP contribution in [-0.4, -0.2) is 11.3 Å². The third kappa shape index (κ3) is 2.26. The van der Waals surface area contributed by atoms with E-state index in [9.17, 15) is 31.5 Å². The molecule has 0 aliphatic heterocycles. The third-order valence-electron chi connectivity index (χ3n) is 1.76.